The van der Waals surface area contributed by atoms with E-state index in [9.17, 15) is 14.4 Å². The Morgan fingerprint density at radius 1 is 1.14 bits per heavy atom. The average Bonchev–Trinajstić information content (AvgIpc) is 2.90. The first kappa shape index (κ1) is 22.1. The molecular formula is C23H28N2O4. The minimum Gasteiger partial charge on any atom is -0.461 e. The van der Waals surface area contributed by atoms with Gasteiger partial charge in [0.1, 0.15) is 5.69 Å². The Kier molecular flexibility index (Phi) is 7.15. The van der Waals surface area contributed by atoms with Crippen LogP contribution in [0.2, 0.25) is 0 Å². The number of Topliss-reactive ketones (excluding diaryl/α,β-unsaturated/α-hetero) is 1. The molecule has 0 bridgehead atoms. The van der Waals surface area contributed by atoms with Crippen LogP contribution in [0.1, 0.15) is 54.9 Å². The van der Waals surface area contributed by atoms with E-state index in [1.54, 1.807) is 50.6 Å². The molecule has 1 aromatic heterocycles. The number of benzene rings is 1. The zero-order valence-corrected chi connectivity index (χ0v) is 17.7. The number of ketones is 1. The topological polar surface area (TPSA) is 68.6 Å². The molecular weight excluding hydrogens is 368 g/mol. The second-order valence-corrected chi connectivity index (χ2v) is 6.98. The van der Waals surface area contributed by atoms with Gasteiger partial charge in [0, 0.05) is 30.4 Å². The van der Waals surface area contributed by atoms with E-state index in [0.29, 0.717) is 28.1 Å². The molecule has 0 radical (unpaired) electrons. The van der Waals surface area contributed by atoms with Crippen molar-refractivity contribution in [3.05, 3.63) is 70.6 Å². The van der Waals surface area contributed by atoms with Gasteiger partial charge in [0.2, 0.25) is 0 Å². The maximum absolute atomic E-state index is 13.1. The van der Waals surface area contributed by atoms with Gasteiger partial charge < -0.3 is 14.2 Å². The van der Waals surface area contributed by atoms with Crippen LogP contribution in [0.25, 0.3) is 0 Å². The SMILES string of the molecule is C=CCN(CC(=O)c1c(C)c(C(=O)OCC)n(C)c1C)C(=O)c1ccc(C)cc1. The van der Waals surface area contributed by atoms with Crippen molar-refractivity contribution < 1.29 is 19.1 Å². The van der Waals surface area contributed by atoms with E-state index in [4.69, 9.17) is 4.74 Å². The van der Waals surface area contributed by atoms with Gasteiger partial charge in [-0.15, -0.1) is 6.58 Å². The summed E-state index contributed by atoms with van der Waals surface area (Å²) in [7, 11) is 1.73. The Labute approximate surface area is 171 Å². The van der Waals surface area contributed by atoms with Crippen molar-refractivity contribution in [3.8, 4) is 0 Å². The van der Waals surface area contributed by atoms with E-state index >= 15 is 0 Å². The summed E-state index contributed by atoms with van der Waals surface area (Å²) in [6.07, 6.45) is 1.59. The highest BCUT2D eigenvalue weighted by Gasteiger charge is 2.27. The van der Waals surface area contributed by atoms with Crippen molar-refractivity contribution in [1.29, 1.82) is 0 Å². The molecule has 29 heavy (non-hydrogen) atoms. The maximum atomic E-state index is 13.1. The van der Waals surface area contributed by atoms with Gasteiger partial charge in [-0.05, 0) is 45.4 Å². The molecule has 1 amide bonds. The van der Waals surface area contributed by atoms with E-state index in [1.807, 2.05) is 19.1 Å². The van der Waals surface area contributed by atoms with Gasteiger partial charge in [-0.3, -0.25) is 9.59 Å². The number of hydrogen-bond donors (Lipinski definition) is 0. The van der Waals surface area contributed by atoms with Crippen LogP contribution in [-0.4, -0.2) is 46.8 Å². The zero-order chi connectivity index (χ0) is 21.7. The lowest BCUT2D eigenvalue weighted by Gasteiger charge is -2.21. The van der Waals surface area contributed by atoms with Crippen LogP contribution in [0, 0.1) is 20.8 Å². The Morgan fingerprint density at radius 3 is 2.31 bits per heavy atom. The van der Waals surface area contributed by atoms with E-state index < -0.39 is 5.97 Å². The fourth-order valence-corrected chi connectivity index (χ4v) is 3.38. The quantitative estimate of drug-likeness (QED) is 0.388. The van der Waals surface area contributed by atoms with Crippen molar-refractivity contribution in [2.24, 2.45) is 7.05 Å². The van der Waals surface area contributed by atoms with Crippen LogP contribution < -0.4 is 0 Å². The molecule has 0 aliphatic rings. The lowest BCUT2D eigenvalue weighted by molar-refractivity contribution is 0.0514. The van der Waals surface area contributed by atoms with Crippen LogP contribution in [0.4, 0.5) is 0 Å². The monoisotopic (exact) mass is 396 g/mol. The number of rotatable bonds is 8. The Bertz CT molecular complexity index is 939. The predicted octanol–water partition coefficient (Wildman–Crippen LogP) is 3.64. The molecule has 0 saturated heterocycles. The summed E-state index contributed by atoms with van der Waals surface area (Å²) in [5.74, 6) is -0.933. The fourth-order valence-electron chi connectivity index (χ4n) is 3.38. The lowest BCUT2D eigenvalue weighted by Crippen LogP contribution is -2.36. The molecule has 0 atom stereocenters. The average molecular weight is 396 g/mol. The first-order chi connectivity index (χ1) is 13.7. The minimum absolute atomic E-state index is 0.104. The molecule has 0 saturated carbocycles. The normalized spacial score (nSPS) is 10.5. The number of amides is 1. The van der Waals surface area contributed by atoms with Crippen molar-refractivity contribution >= 4 is 17.7 Å². The standard InChI is InChI=1S/C23H28N2O4/c1-7-13-25(22(27)18-11-9-15(3)10-12-18)14-19(26)20-16(4)21(23(28)29-8-2)24(6)17(20)5/h7,9-12H,1,8,13-14H2,2-6H3. The third kappa shape index (κ3) is 4.65. The molecule has 0 aliphatic carbocycles. The van der Waals surface area contributed by atoms with Gasteiger partial charge in [-0.25, -0.2) is 4.79 Å². The summed E-state index contributed by atoms with van der Waals surface area (Å²) >= 11 is 0. The molecule has 2 rings (SSSR count). The van der Waals surface area contributed by atoms with E-state index in [1.165, 1.54) is 4.90 Å². The highest BCUT2D eigenvalue weighted by Crippen LogP contribution is 2.23. The van der Waals surface area contributed by atoms with Gasteiger partial charge in [0.05, 0.1) is 13.2 Å². The van der Waals surface area contributed by atoms with E-state index in [0.717, 1.165) is 5.56 Å². The number of carbonyl (C=O) groups excluding carboxylic acids is 3. The smallest absolute Gasteiger partial charge is 0.355 e. The third-order valence-electron chi connectivity index (χ3n) is 4.95. The Hall–Kier alpha value is -3.15. The van der Waals surface area contributed by atoms with Gasteiger partial charge in [0.15, 0.2) is 5.78 Å². The highest BCUT2D eigenvalue weighted by atomic mass is 16.5. The molecule has 0 spiro atoms. The number of aryl methyl sites for hydroxylation is 1. The Balaban J connectivity index is 2.34. The minimum atomic E-state index is -0.465. The number of aromatic nitrogens is 1. The summed E-state index contributed by atoms with van der Waals surface area (Å²) < 4.78 is 6.78. The molecule has 1 aromatic carbocycles. The fraction of sp³-hybridized carbons (Fsp3) is 0.348. The number of ether oxygens (including phenoxy) is 1. The Morgan fingerprint density at radius 2 is 1.76 bits per heavy atom. The second kappa shape index (κ2) is 9.37. The maximum Gasteiger partial charge on any atom is 0.355 e. The molecule has 0 fully saturated rings. The van der Waals surface area contributed by atoms with Crippen molar-refractivity contribution in [2.45, 2.75) is 27.7 Å². The van der Waals surface area contributed by atoms with Gasteiger partial charge in [-0.1, -0.05) is 23.8 Å². The molecule has 0 aliphatic heterocycles. The number of carbonyl (C=O) groups is 3. The molecule has 6 heteroatoms. The third-order valence-corrected chi connectivity index (χ3v) is 4.95. The van der Waals surface area contributed by atoms with Gasteiger partial charge in [-0.2, -0.15) is 0 Å². The number of hydrogen-bond acceptors (Lipinski definition) is 4. The van der Waals surface area contributed by atoms with Crippen LogP contribution in [0.15, 0.2) is 36.9 Å². The van der Waals surface area contributed by atoms with Crippen LogP contribution in [-0.2, 0) is 11.8 Å². The largest absolute Gasteiger partial charge is 0.461 e. The summed E-state index contributed by atoms with van der Waals surface area (Å²) in [5.41, 5.74) is 3.59. The number of esters is 1. The van der Waals surface area contributed by atoms with Crippen LogP contribution in [0.3, 0.4) is 0 Å². The summed E-state index contributed by atoms with van der Waals surface area (Å²) in [6.45, 7) is 11.3. The van der Waals surface area contributed by atoms with Crippen molar-refractivity contribution in [1.82, 2.24) is 9.47 Å². The van der Waals surface area contributed by atoms with Crippen molar-refractivity contribution in [3.63, 3.8) is 0 Å². The molecule has 0 N–H and O–H groups in total. The second-order valence-electron chi connectivity index (χ2n) is 6.98. The first-order valence-corrected chi connectivity index (χ1v) is 9.55. The molecule has 2 aromatic rings. The summed E-state index contributed by atoms with van der Waals surface area (Å²) in [4.78, 5) is 39.8. The van der Waals surface area contributed by atoms with Crippen molar-refractivity contribution in [2.75, 3.05) is 19.7 Å². The first-order valence-electron chi connectivity index (χ1n) is 9.55. The van der Waals surface area contributed by atoms with Crippen LogP contribution >= 0.6 is 0 Å². The van der Waals surface area contributed by atoms with E-state index in [2.05, 4.69) is 6.58 Å². The molecule has 0 unspecified atom stereocenters. The molecule has 1 heterocycles. The van der Waals surface area contributed by atoms with Gasteiger partial charge in [0.25, 0.3) is 5.91 Å². The van der Waals surface area contributed by atoms with E-state index in [-0.39, 0.29) is 31.4 Å². The van der Waals surface area contributed by atoms with Gasteiger partial charge >= 0.3 is 5.97 Å². The summed E-state index contributed by atoms with van der Waals surface area (Å²) in [6, 6.07) is 7.21. The zero-order valence-electron chi connectivity index (χ0n) is 17.7. The highest BCUT2D eigenvalue weighted by molar-refractivity contribution is 6.06. The predicted molar refractivity (Wildman–Crippen MR) is 112 cm³/mol. The number of nitrogens with zero attached hydrogens (tertiary/aromatic N) is 2. The van der Waals surface area contributed by atoms with Crippen LogP contribution in [0.5, 0.6) is 0 Å². The summed E-state index contributed by atoms with van der Waals surface area (Å²) in [5, 5.41) is 0. The lowest BCUT2D eigenvalue weighted by atomic mass is 10.0. The molecule has 6 nitrogen and oxygen atoms in total. The molecule has 154 valence electrons.